The molecule has 0 fully saturated rings. The van der Waals surface area contributed by atoms with Crippen molar-refractivity contribution in [2.75, 3.05) is 25.0 Å². The van der Waals surface area contributed by atoms with Gasteiger partial charge >= 0.3 is 5.97 Å². The first-order chi connectivity index (χ1) is 9.42. The highest BCUT2D eigenvalue weighted by atomic mass is 79.9. The van der Waals surface area contributed by atoms with Crippen LogP contribution in [0.15, 0.2) is 22.7 Å². The van der Waals surface area contributed by atoms with E-state index in [0.29, 0.717) is 11.0 Å². The van der Waals surface area contributed by atoms with Crippen LogP contribution in [0.1, 0.15) is 13.3 Å². The standard InChI is InChI=1S/C13H16BrFN2O3/c1-2-17(6-5-13(19)20)8-12(18)16-11-4-3-9(14)7-10(11)15/h3-4,7H,2,5-6,8H2,1H3,(H,16,18)(H,19,20). The second-order valence-corrected chi connectivity index (χ2v) is 5.10. The normalized spacial score (nSPS) is 10.6. The molecule has 20 heavy (non-hydrogen) atoms. The summed E-state index contributed by atoms with van der Waals surface area (Å²) in [6.45, 7) is 2.68. The first-order valence-electron chi connectivity index (χ1n) is 6.11. The van der Waals surface area contributed by atoms with Gasteiger partial charge in [0.25, 0.3) is 0 Å². The van der Waals surface area contributed by atoms with E-state index in [1.54, 1.807) is 11.0 Å². The molecule has 110 valence electrons. The smallest absolute Gasteiger partial charge is 0.304 e. The molecule has 0 radical (unpaired) electrons. The Kier molecular flexibility index (Phi) is 6.60. The van der Waals surface area contributed by atoms with E-state index in [0.717, 1.165) is 0 Å². The Morgan fingerprint density at radius 3 is 2.70 bits per heavy atom. The molecule has 1 rings (SSSR count). The van der Waals surface area contributed by atoms with Crippen molar-refractivity contribution in [3.05, 3.63) is 28.5 Å². The molecule has 0 aliphatic carbocycles. The van der Waals surface area contributed by atoms with Gasteiger partial charge in [-0.3, -0.25) is 14.5 Å². The van der Waals surface area contributed by atoms with Crippen LogP contribution in [-0.4, -0.2) is 41.5 Å². The molecule has 0 atom stereocenters. The van der Waals surface area contributed by atoms with Gasteiger partial charge in [0.2, 0.25) is 5.91 Å². The molecule has 5 nitrogen and oxygen atoms in total. The lowest BCUT2D eigenvalue weighted by molar-refractivity contribution is -0.137. The Morgan fingerprint density at radius 2 is 2.15 bits per heavy atom. The number of carboxylic acids is 1. The Morgan fingerprint density at radius 1 is 1.45 bits per heavy atom. The van der Waals surface area contributed by atoms with Crippen LogP contribution < -0.4 is 5.32 Å². The number of nitrogens with one attached hydrogen (secondary N) is 1. The Labute approximate surface area is 124 Å². The molecule has 0 aliphatic rings. The van der Waals surface area contributed by atoms with E-state index in [9.17, 15) is 14.0 Å². The maximum absolute atomic E-state index is 13.5. The summed E-state index contributed by atoms with van der Waals surface area (Å²) in [5.74, 6) is -1.82. The molecule has 0 saturated carbocycles. The summed E-state index contributed by atoms with van der Waals surface area (Å²) in [4.78, 5) is 24.0. The summed E-state index contributed by atoms with van der Waals surface area (Å²) in [6, 6.07) is 4.35. The SMILES string of the molecule is CCN(CCC(=O)O)CC(=O)Nc1ccc(Br)cc1F. The molecule has 1 aromatic carbocycles. The molecule has 0 unspecified atom stereocenters. The predicted octanol–water partition coefficient (Wildman–Crippen LogP) is 2.32. The number of halogens is 2. The molecule has 0 bridgehead atoms. The fourth-order valence-electron chi connectivity index (χ4n) is 1.59. The van der Waals surface area contributed by atoms with Crippen LogP contribution in [0.5, 0.6) is 0 Å². The number of hydrogen-bond donors (Lipinski definition) is 2. The number of hydrogen-bond acceptors (Lipinski definition) is 3. The molecule has 0 heterocycles. The van der Waals surface area contributed by atoms with E-state index >= 15 is 0 Å². The van der Waals surface area contributed by atoms with Crippen LogP contribution in [0.3, 0.4) is 0 Å². The van der Waals surface area contributed by atoms with Gasteiger partial charge in [0.05, 0.1) is 18.7 Å². The van der Waals surface area contributed by atoms with Crippen molar-refractivity contribution in [3.63, 3.8) is 0 Å². The molecule has 0 aliphatic heterocycles. The number of aliphatic carboxylic acids is 1. The summed E-state index contributed by atoms with van der Waals surface area (Å²) in [7, 11) is 0. The monoisotopic (exact) mass is 346 g/mol. The molecule has 1 aromatic rings. The van der Waals surface area contributed by atoms with E-state index in [4.69, 9.17) is 5.11 Å². The summed E-state index contributed by atoms with van der Waals surface area (Å²) < 4.78 is 14.1. The van der Waals surface area contributed by atoms with Gasteiger partial charge in [0.1, 0.15) is 5.82 Å². The lowest BCUT2D eigenvalue weighted by Gasteiger charge is -2.18. The molecule has 0 spiro atoms. The average Bonchev–Trinajstić information content (AvgIpc) is 2.37. The number of benzene rings is 1. The first-order valence-corrected chi connectivity index (χ1v) is 6.90. The number of rotatable bonds is 7. The van der Waals surface area contributed by atoms with E-state index < -0.39 is 11.8 Å². The Bertz CT molecular complexity index is 497. The number of anilines is 1. The largest absolute Gasteiger partial charge is 0.481 e. The van der Waals surface area contributed by atoms with Gasteiger partial charge < -0.3 is 10.4 Å². The minimum Gasteiger partial charge on any atom is -0.481 e. The van der Waals surface area contributed by atoms with Gasteiger partial charge in [-0.1, -0.05) is 22.9 Å². The van der Waals surface area contributed by atoms with Gasteiger partial charge in [0, 0.05) is 11.0 Å². The summed E-state index contributed by atoms with van der Waals surface area (Å²) in [6.07, 6.45) is -0.0340. The van der Waals surface area contributed by atoms with Crippen molar-refractivity contribution < 1.29 is 19.1 Å². The maximum Gasteiger partial charge on any atom is 0.304 e. The predicted molar refractivity (Wildman–Crippen MR) is 77.1 cm³/mol. The lowest BCUT2D eigenvalue weighted by Crippen LogP contribution is -2.34. The van der Waals surface area contributed by atoms with Gasteiger partial charge in [-0.15, -0.1) is 0 Å². The zero-order chi connectivity index (χ0) is 15.1. The fourth-order valence-corrected chi connectivity index (χ4v) is 1.92. The zero-order valence-electron chi connectivity index (χ0n) is 11.0. The molecular formula is C13H16BrFN2O3. The maximum atomic E-state index is 13.5. The van der Waals surface area contributed by atoms with Crippen molar-refractivity contribution in [3.8, 4) is 0 Å². The average molecular weight is 347 g/mol. The van der Waals surface area contributed by atoms with Crippen LogP contribution in [0.25, 0.3) is 0 Å². The van der Waals surface area contributed by atoms with Crippen molar-refractivity contribution >= 4 is 33.5 Å². The van der Waals surface area contributed by atoms with Gasteiger partial charge in [-0.05, 0) is 24.7 Å². The fraction of sp³-hybridized carbons (Fsp3) is 0.385. The second kappa shape index (κ2) is 7.96. The van der Waals surface area contributed by atoms with Crippen LogP contribution in [0.4, 0.5) is 10.1 Å². The highest BCUT2D eigenvalue weighted by molar-refractivity contribution is 9.10. The number of carbonyl (C=O) groups is 2. The summed E-state index contributed by atoms with van der Waals surface area (Å²) in [5, 5.41) is 11.1. The first kappa shape index (κ1) is 16.6. The number of likely N-dealkylation sites (N-methyl/N-ethyl adjacent to an activating group) is 1. The highest BCUT2D eigenvalue weighted by Crippen LogP contribution is 2.19. The summed E-state index contributed by atoms with van der Waals surface area (Å²) in [5.41, 5.74) is 0.104. The van der Waals surface area contributed by atoms with Crippen molar-refractivity contribution in [2.24, 2.45) is 0 Å². The van der Waals surface area contributed by atoms with E-state index in [1.807, 2.05) is 6.92 Å². The minimum atomic E-state index is -0.914. The molecule has 1 amide bonds. The van der Waals surface area contributed by atoms with Crippen molar-refractivity contribution in [2.45, 2.75) is 13.3 Å². The number of nitrogens with zero attached hydrogens (tertiary/aromatic N) is 1. The van der Waals surface area contributed by atoms with E-state index in [1.165, 1.54) is 12.1 Å². The van der Waals surface area contributed by atoms with Gasteiger partial charge in [-0.2, -0.15) is 0 Å². The quantitative estimate of drug-likeness (QED) is 0.794. The topological polar surface area (TPSA) is 69.6 Å². The zero-order valence-corrected chi connectivity index (χ0v) is 12.6. The highest BCUT2D eigenvalue weighted by Gasteiger charge is 2.12. The Balaban J connectivity index is 2.55. The van der Waals surface area contributed by atoms with Crippen molar-refractivity contribution in [1.82, 2.24) is 4.90 Å². The van der Waals surface area contributed by atoms with Crippen LogP contribution in [0.2, 0.25) is 0 Å². The molecule has 7 heteroatoms. The van der Waals surface area contributed by atoms with Gasteiger partial charge in [0.15, 0.2) is 0 Å². The van der Waals surface area contributed by atoms with Crippen LogP contribution in [-0.2, 0) is 9.59 Å². The van der Waals surface area contributed by atoms with Crippen LogP contribution >= 0.6 is 15.9 Å². The van der Waals surface area contributed by atoms with E-state index in [2.05, 4.69) is 21.2 Å². The molecule has 2 N–H and O–H groups in total. The third-order valence-corrected chi connectivity index (χ3v) is 3.15. The lowest BCUT2D eigenvalue weighted by atomic mass is 10.3. The van der Waals surface area contributed by atoms with Crippen LogP contribution in [0, 0.1) is 5.82 Å². The Hall–Kier alpha value is -1.47. The molecule has 0 aromatic heterocycles. The second-order valence-electron chi connectivity index (χ2n) is 4.18. The number of amides is 1. The third-order valence-electron chi connectivity index (χ3n) is 2.66. The number of carboxylic acid groups (broad SMARTS) is 1. The molecular weight excluding hydrogens is 331 g/mol. The summed E-state index contributed by atoms with van der Waals surface area (Å²) >= 11 is 3.13. The minimum absolute atomic E-state index is 0.0271. The number of carbonyl (C=O) groups excluding carboxylic acids is 1. The van der Waals surface area contributed by atoms with Gasteiger partial charge in [-0.25, -0.2) is 4.39 Å². The van der Waals surface area contributed by atoms with E-state index in [-0.39, 0.29) is 31.1 Å². The third kappa shape index (κ3) is 5.66. The van der Waals surface area contributed by atoms with Crippen molar-refractivity contribution in [1.29, 1.82) is 0 Å². The molecule has 0 saturated heterocycles.